The lowest BCUT2D eigenvalue weighted by Gasteiger charge is -2.27. The Hall–Kier alpha value is -0.820. The van der Waals surface area contributed by atoms with Crippen LogP contribution in [0.15, 0.2) is 22.7 Å². The van der Waals surface area contributed by atoms with Crippen molar-refractivity contribution in [2.24, 2.45) is 0 Å². The van der Waals surface area contributed by atoms with Crippen molar-refractivity contribution in [2.75, 3.05) is 39.3 Å². The van der Waals surface area contributed by atoms with E-state index in [1.54, 1.807) is 6.92 Å². The van der Waals surface area contributed by atoms with Gasteiger partial charge in [0.25, 0.3) is 5.91 Å². The Bertz CT molecular complexity index is 525. The van der Waals surface area contributed by atoms with Crippen LogP contribution in [0, 0.1) is 6.92 Å². The lowest BCUT2D eigenvalue weighted by atomic mass is 10.2. The smallest absolute Gasteiger partial charge is 0.260 e. The summed E-state index contributed by atoms with van der Waals surface area (Å²) in [5.41, 5.74) is 1.15. The molecular weight excluding hydrogens is 394 g/mol. The van der Waals surface area contributed by atoms with Gasteiger partial charge in [-0.25, -0.2) is 0 Å². The van der Waals surface area contributed by atoms with Gasteiger partial charge in [0.1, 0.15) is 5.75 Å². The van der Waals surface area contributed by atoms with Crippen molar-refractivity contribution >= 4 is 34.2 Å². The van der Waals surface area contributed by atoms with Crippen LogP contribution in [0.25, 0.3) is 0 Å². The second kappa shape index (κ2) is 10.9. The van der Waals surface area contributed by atoms with Gasteiger partial charge in [-0.15, -0.1) is 12.4 Å². The first-order chi connectivity index (χ1) is 11.1. The highest BCUT2D eigenvalue weighted by molar-refractivity contribution is 9.10. The van der Waals surface area contributed by atoms with Gasteiger partial charge >= 0.3 is 0 Å². The molecule has 1 unspecified atom stereocenters. The van der Waals surface area contributed by atoms with Gasteiger partial charge in [-0.3, -0.25) is 4.79 Å². The van der Waals surface area contributed by atoms with Crippen LogP contribution in [0.3, 0.4) is 0 Å². The Kier molecular flexibility index (Phi) is 9.66. The molecule has 0 saturated carbocycles. The van der Waals surface area contributed by atoms with Gasteiger partial charge in [0.05, 0.1) is 4.47 Å². The average Bonchev–Trinajstić information content (AvgIpc) is 2.55. The van der Waals surface area contributed by atoms with Crippen LogP contribution >= 0.6 is 28.3 Å². The predicted molar refractivity (Wildman–Crippen MR) is 103 cm³/mol. The molecule has 2 rings (SSSR count). The second-order valence-corrected chi connectivity index (χ2v) is 6.78. The molecule has 1 aliphatic rings. The number of nitrogens with zero attached hydrogens (tertiary/aromatic N) is 1. The number of carbonyl (C=O) groups is 1. The standard InChI is InChI=1S/C17H26BrN3O2.ClH/c1-13-4-5-16(15(18)12-13)23-14(2)17(22)20-6-3-9-21-10-7-19-8-11-21;/h4-5,12,14,19H,3,6-11H2,1-2H3,(H,20,22);1H. The zero-order chi connectivity index (χ0) is 16.7. The summed E-state index contributed by atoms with van der Waals surface area (Å²) in [6.45, 7) is 9.81. The fourth-order valence-corrected chi connectivity index (χ4v) is 3.12. The van der Waals surface area contributed by atoms with Crippen LogP contribution in [0.4, 0.5) is 0 Å². The van der Waals surface area contributed by atoms with Gasteiger partial charge < -0.3 is 20.3 Å². The van der Waals surface area contributed by atoms with E-state index in [0.29, 0.717) is 12.3 Å². The maximum absolute atomic E-state index is 12.1. The Morgan fingerprint density at radius 2 is 2.12 bits per heavy atom. The summed E-state index contributed by atoms with van der Waals surface area (Å²) < 4.78 is 6.60. The summed E-state index contributed by atoms with van der Waals surface area (Å²) in [6, 6.07) is 5.83. The summed E-state index contributed by atoms with van der Waals surface area (Å²) in [6.07, 6.45) is 0.459. The highest BCUT2D eigenvalue weighted by Crippen LogP contribution is 2.26. The summed E-state index contributed by atoms with van der Waals surface area (Å²) >= 11 is 3.47. The molecule has 0 spiro atoms. The molecule has 0 aromatic heterocycles. The molecule has 1 saturated heterocycles. The maximum atomic E-state index is 12.1. The number of carbonyl (C=O) groups excluding carboxylic acids is 1. The molecule has 0 radical (unpaired) electrons. The molecule has 1 aromatic carbocycles. The first-order valence-electron chi connectivity index (χ1n) is 8.20. The molecule has 0 aliphatic carbocycles. The molecule has 5 nitrogen and oxygen atoms in total. The molecule has 136 valence electrons. The third-order valence-corrected chi connectivity index (χ3v) is 4.54. The molecule has 1 amide bonds. The lowest BCUT2D eigenvalue weighted by molar-refractivity contribution is -0.127. The Balaban J connectivity index is 0.00000288. The summed E-state index contributed by atoms with van der Waals surface area (Å²) in [4.78, 5) is 14.5. The SMILES string of the molecule is Cc1ccc(OC(C)C(=O)NCCCN2CCNCC2)c(Br)c1.Cl. The van der Waals surface area contributed by atoms with Crippen molar-refractivity contribution in [2.45, 2.75) is 26.4 Å². The van der Waals surface area contributed by atoms with E-state index in [9.17, 15) is 4.79 Å². The van der Waals surface area contributed by atoms with Gasteiger partial charge in [-0.2, -0.15) is 0 Å². The number of piperazine rings is 1. The van der Waals surface area contributed by atoms with Crippen molar-refractivity contribution in [1.29, 1.82) is 0 Å². The first kappa shape index (κ1) is 21.2. The zero-order valence-electron chi connectivity index (χ0n) is 14.3. The highest BCUT2D eigenvalue weighted by atomic mass is 79.9. The largest absolute Gasteiger partial charge is 0.480 e. The molecule has 24 heavy (non-hydrogen) atoms. The predicted octanol–water partition coefficient (Wildman–Crippen LogP) is 2.36. The van der Waals surface area contributed by atoms with Gasteiger partial charge in [0.15, 0.2) is 6.10 Å². The molecule has 7 heteroatoms. The number of ether oxygens (including phenoxy) is 1. The maximum Gasteiger partial charge on any atom is 0.260 e. The van der Waals surface area contributed by atoms with E-state index in [0.717, 1.165) is 49.2 Å². The number of aryl methyl sites for hydroxylation is 1. The number of halogens is 2. The number of benzene rings is 1. The van der Waals surface area contributed by atoms with Gasteiger partial charge in [-0.05, 0) is 60.4 Å². The minimum atomic E-state index is -0.506. The minimum Gasteiger partial charge on any atom is -0.480 e. The normalized spacial score (nSPS) is 16.1. The van der Waals surface area contributed by atoms with E-state index in [2.05, 4.69) is 31.5 Å². The molecule has 1 aromatic rings. The topological polar surface area (TPSA) is 53.6 Å². The van der Waals surface area contributed by atoms with E-state index >= 15 is 0 Å². The van der Waals surface area contributed by atoms with E-state index in [4.69, 9.17) is 4.74 Å². The summed E-state index contributed by atoms with van der Waals surface area (Å²) in [5.74, 6) is 0.622. The quantitative estimate of drug-likeness (QED) is 0.665. The molecule has 1 fully saturated rings. The molecule has 1 heterocycles. The minimum absolute atomic E-state index is 0. The van der Waals surface area contributed by atoms with Gasteiger partial charge in [-0.1, -0.05) is 6.07 Å². The third-order valence-electron chi connectivity index (χ3n) is 3.92. The first-order valence-corrected chi connectivity index (χ1v) is 8.99. The number of hydrogen-bond donors (Lipinski definition) is 2. The van der Waals surface area contributed by atoms with Crippen LogP contribution < -0.4 is 15.4 Å². The fourth-order valence-electron chi connectivity index (χ4n) is 2.54. The van der Waals surface area contributed by atoms with Crippen molar-refractivity contribution in [3.8, 4) is 5.75 Å². The van der Waals surface area contributed by atoms with Crippen LogP contribution in [-0.2, 0) is 4.79 Å². The van der Waals surface area contributed by atoms with Gasteiger partial charge in [0.2, 0.25) is 0 Å². The monoisotopic (exact) mass is 419 g/mol. The van der Waals surface area contributed by atoms with E-state index in [-0.39, 0.29) is 18.3 Å². The van der Waals surface area contributed by atoms with E-state index < -0.39 is 6.10 Å². The highest BCUT2D eigenvalue weighted by Gasteiger charge is 2.16. The van der Waals surface area contributed by atoms with Crippen LogP contribution in [0.1, 0.15) is 18.9 Å². The second-order valence-electron chi connectivity index (χ2n) is 5.93. The fraction of sp³-hybridized carbons (Fsp3) is 0.588. The van der Waals surface area contributed by atoms with Crippen LogP contribution in [-0.4, -0.2) is 56.2 Å². The van der Waals surface area contributed by atoms with Crippen molar-refractivity contribution in [1.82, 2.24) is 15.5 Å². The Morgan fingerprint density at radius 1 is 1.42 bits per heavy atom. The Labute approximate surface area is 159 Å². The number of hydrogen-bond acceptors (Lipinski definition) is 4. The molecule has 0 bridgehead atoms. The van der Waals surface area contributed by atoms with Crippen LogP contribution in [0.2, 0.25) is 0 Å². The molecular formula is C17H27BrClN3O2. The third kappa shape index (κ3) is 6.97. The number of amides is 1. The molecule has 1 atom stereocenters. The van der Waals surface area contributed by atoms with Gasteiger partial charge in [0, 0.05) is 32.7 Å². The van der Waals surface area contributed by atoms with Crippen molar-refractivity contribution in [3.05, 3.63) is 28.2 Å². The lowest BCUT2D eigenvalue weighted by Crippen LogP contribution is -2.44. The van der Waals surface area contributed by atoms with Crippen molar-refractivity contribution < 1.29 is 9.53 Å². The van der Waals surface area contributed by atoms with Crippen LogP contribution in [0.5, 0.6) is 5.75 Å². The average molecular weight is 421 g/mol. The molecule has 1 aliphatic heterocycles. The van der Waals surface area contributed by atoms with E-state index in [1.165, 1.54) is 0 Å². The Morgan fingerprint density at radius 3 is 2.79 bits per heavy atom. The number of nitrogens with one attached hydrogen (secondary N) is 2. The summed E-state index contributed by atoms with van der Waals surface area (Å²) in [7, 11) is 0. The zero-order valence-corrected chi connectivity index (χ0v) is 16.7. The molecule has 2 N–H and O–H groups in total. The van der Waals surface area contributed by atoms with Crippen molar-refractivity contribution in [3.63, 3.8) is 0 Å². The van der Waals surface area contributed by atoms with E-state index in [1.807, 2.05) is 25.1 Å². The summed E-state index contributed by atoms with van der Waals surface area (Å²) in [5, 5.41) is 6.29. The number of rotatable bonds is 7.